The zero-order valence-electron chi connectivity index (χ0n) is 11.4. The third kappa shape index (κ3) is 1.50. The summed E-state index contributed by atoms with van der Waals surface area (Å²) >= 11 is 0. The van der Waals surface area contributed by atoms with Gasteiger partial charge in [0, 0.05) is 18.9 Å². The highest BCUT2D eigenvalue weighted by molar-refractivity contribution is 5.03. The Hall–Kier alpha value is -0.790. The van der Waals surface area contributed by atoms with Gasteiger partial charge in [0.05, 0.1) is 6.33 Å². The second-order valence-electron chi connectivity index (χ2n) is 6.29. The van der Waals surface area contributed by atoms with Crippen molar-refractivity contribution in [3.05, 3.63) is 18.7 Å². The largest absolute Gasteiger partial charge is 1.00 e. The maximum absolute atomic E-state index is 4.11. The Kier molecular flexibility index (Phi) is 2.34. The summed E-state index contributed by atoms with van der Waals surface area (Å²) < 4.78 is 2.22. The normalized spacial score (nSPS) is 35.8. The molecule has 2 nitrogen and oxygen atoms in total. The van der Waals surface area contributed by atoms with E-state index >= 15 is 0 Å². The zero-order chi connectivity index (χ0) is 11.2. The standard InChI is InChI=1S/C14H22N2/c1-14(2)12-4-3-11(13(14)9-12)5-7-16-8-6-15-10-16/h6,8,10-13H,3-5,7,9H2,1-2H3/p+1. The SMILES string of the molecule is CC1(C)C2CCC(CCn3ccnc3)C1C2.[H+]. The molecule has 0 spiro atoms. The topological polar surface area (TPSA) is 17.8 Å². The predicted molar refractivity (Wildman–Crippen MR) is 66.1 cm³/mol. The molecule has 0 aliphatic heterocycles. The molecule has 88 valence electrons. The maximum Gasteiger partial charge on any atom is 1.00 e. The monoisotopic (exact) mass is 219 g/mol. The van der Waals surface area contributed by atoms with Crippen LogP contribution in [0.1, 0.15) is 41.0 Å². The summed E-state index contributed by atoms with van der Waals surface area (Å²) in [6, 6.07) is 0. The van der Waals surface area contributed by atoms with Gasteiger partial charge >= 0.3 is 1.43 Å². The number of hydrogen-bond donors (Lipinski definition) is 0. The van der Waals surface area contributed by atoms with Crippen molar-refractivity contribution in [1.29, 1.82) is 0 Å². The lowest BCUT2D eigenvalue weighted by atomic mass is 9.45. The van der Waals surface area contributed by atoms with Crippen LogP contribution in [0.25, 0.3) is 0 Å². The number of aryl methyl sites for hydroxylation is 1. The molecule has 0 N–H and O–H groups in total. The maximum atomic E-state index is 4.11. The summed E-state index contributed by atoms with van der Waals surface area (Å²) in [6.45, 7) is 6.12. The van der Waals surface area contributed by atoms with Gasteiger partial charge < -0.3 is 4.57 Å². The lowest BCUT2D eigenvalue weighted by molar-refractivity contribution is -0.107. The van der Waals surface area contributed by atoms with E-state index in [1.54, 1.807) is 0 Å². The van der Waals surface area contributed by atoms with E-state index in [4.69, 9.17) is 0 Å². The Morgan fingerprint density at radius 1 is 1.44 bits per heavy atom. The predicted octanol–water partition coefficient (Wildman–Crippen LogP) is 3.46. The van der Waals surface area contributed by atoms with E-state index in [9.17, 15) is 0 Å². The zero-order valence-corrected chi connectivity index (χ0v) is 10.4. The third-order valence-corrected chi connectivity index (χ3v) is 5.32. The molecule has 3 aliphatic carbocycles. The summed E-state index contributed by atoms with van der Waals surface area (Å²) in [5, 5.41) is 0. The minimum atomic E-state index is 0. The van der Waals surface area contributed by atoms with Crippen LogP contribution in [0.3, 0.4) is 0 Å². The Balaban J connectivity index is 0.00000108. The molecule has 0 amide bonds. The Morgan fingerprint density at radius 2 is 2.31 bits per heavy atom. The highest BCUT2D eigenvalue weighted by Gasteiger charge is 2.53. The summed E-state index contributed by atoms with van der Waals surface area (Å²) in [7, 11) is 0. The van der Waals surface area contributed by atoms with Crippen molar-refractivity contribution in [1.82, 2.24) is 9.55 Å². The fourth-order valence-corrected chi connectivity index (χ4v) is 4.04. The quantitative estimate of drug-likeness (QED) is 0.761. The molecule has 1 aromatic heterocycles. The van der Waals surface area contributed by atoms with E-state index in [1.165, 1.54) is 25.7 Å². The van der Waals surface area contributed by atoms with E-state index in [-0.39, 0.29) is 1.43 Å². The van der Waals surface area contributed by atoms with Gasteiger partial charge in [-0.3, -0.25) is 0 Å². The molecule has 4 rings (SSSR count). The number of nitrogens with zero attached hydrogens (tertiary/aromatic N) is 2. The van der Waals surface area contributed by atoms with Crippen LogP contribution in [0.5, 0.6) is 0 Å². The van der Waals surface area contributed by atoms with Gasteiger partial charge in [0.15, 0.2) is 0 Å². The van der Waals surface area contributed by atoms with Crippen molar-refractivity contribution < 1.29 is 1.43 Å². The number of fused-ring (bicyclic) bond motifs is 2. The third-order valence-electron chi connectivity index (χ3n) is 5.32. The van der Waals surface area contributed by atoms with Crippen LogP contribution in [0.4, 0.5) is 0 Å². The molecule has 3 atom stereocenters. The fraction of sp³-hybridized carbons (Fsp3) is 0.786. The summed E-state index contributed by atoms with van der Waals surface area (Å²) in [5.74, 6) is 2.99. The summed E-state index contributed by atoms with van der Waals surface area (Å²) in [4.78, 5) is 4.11. The van der Waals surface area contributed by atoms with Crippen LogP contribution >= 0.6 is 0 Å². The minimum Gasteiger partial charge on any atom is -0.337 e. The molecule has 3 saturated carbocycles. The second kappa shape index (κ2) is 3.61. The van der Waals surface area contributed by atoms with Crippen LogP contribution in [0, 0.1) is 23.2 Å². The van der Waals surface area contributed by atoms with E-state index in [0.717, 1.165) is 24.3 Å². The summed E-state index contributed by atoms with van der Waals surface area (Å²) in [6.07, 6.45) is 11.7. The Morgan fingerprint density at radius 3 is 2.94 bits per heavy atom. The molecule has 0 radical (unpaired) electrons. The van der Waals surface area contributed by atoms with Gasteiger partial charge in [-0.2, -0.15) is 0 Å². The molecule has 3 aliphatic rings. The lowest BCUT2D eigenvalue weighted by Crippen LogP contribution is -2.52. The number of rotatable bonds is 3. The van der Waals surface area contributed by atoms with E-state index < -0.39 is 0 Å². The molecule has 1 heterocycles. The molecule has 3 unspecified atom stereocenters. The van der Waals surface area contributed by atoms with Crippen molar-refractivity contribution in [2.75, 3.05) is 0 Å². The average molecular weight is 219 g/mol. The average Bonchev–Trinajstić information content (AvgIpc) is 2.79. The first kappa shape index (κ1) is 10.4. The van der Waals surface area contributed by atoms with Crippen molar-refractivity contribution in [2.45, 2.75) is 46.1 Å². The van der Waals surface area contributed by atoms with Crippen molar-refractivity contribution >= 4 is 0 Å². The van der Waals surface area contributed by atoms with E-state index in [2.05, 4.69) is 29.6 Å². The second-order valence-corrected chi connectivity index (χ2v) is 6.29. The van der Waals surface area contributed by atoms with Crippen molar-refractivity contribution in [3.8, 4) is 0 Å². The van der Waals surface area contributed by atoms with Gasteiger partial charge in [0.25, 0.3) is 0 Å². The fourth-order valence-electron chi connectivity index (χ4n) is 4.04. The van der Waals surface area contributed by atoms with Crippen molar-refractivity contribution in [3.63, 3.8) is 0 Å². The lowest BCUT2D eigenvalue weighted by Gasteiger charge is -2.60. The molecule has 16 heavy (non-hydrogen) atoms. The smallest absolute Gasteiger partial charge is 0.337 e. The number of aromatic nitrogens is 2. The molecule has 1 aromatic rings. The summed E-state index contributed by atoms with van der Waals surface area (Å²) in [5.41, 5.74) is 0.637. The molecule has 2 heteroatoms. The molecular formula is C14H23N2+. The Labute approximate surface area is 99.6 Å². The highest BCUT2D eigenvalue weighted by Crippen LogP contribution is 2.61. The number of hydrogen-bond acceptors (Lipinski definition) is 1. The van der Waals surface area contributed by atoms with Gasteiger partial charge in [-0.1, -0.05) is 13.8 Å². The van der Waals surface area contributed by atoms with E-state index in [1.807, 2.05) is 12.5 Å². The van der Waals surface area contributed by atoms with E-state index in [0.29, 0.717) is 5.41 Å². The van der Waals surface area contributed by atoms with Gasteiger partial charge in [0.1, 0.15) is 0 Å². The van der Waals surface area contributed by atoms with Crippen LogP contribution in [0.15, 0.2) is 18.7 Å². The van der Waals surface area contributed by atoms with Gasteiger partial charge in [0.2, 0.25) is 0 Å². The first-order chi connectivity index (χ1) is 7.68. The van der Waals surface area contributed by atoms with Crippen LogP contribution in [-0.2, 0) is 6.54 Å². The molecule has 3 fully saturated rings. The van der Waals surface area contributed by atoms with Crippen LogP contribution in [0.2, 0.25) is 0 Å². The highest BCUT2D eigenvalue weighted by atomic mass is 15.0. The van der Waals surface area contributed by atoms with Crippen LogP contribution in [-0.4, -0.2) is 9.55 Å². The van der Waals surface area contributed by atoms with Gasteiger partial charge in [-0.05, 0) is 48.9 Å². The minimum absolute atomic E-state index is 0. The molecular weight excluding hydrogens is 196 g/mol. The Bertz CT molecular complexity index is 356. The van der Waals surface area contributed by atoms with Crippen molar-refractivity contribution in [2.24, 2.45) is 23.2 Å². The van der Waals surface area contributed by atoms with Gasteiger partial charge in [-0.25, -0.2) is 4.98 Å². The molecule has 0 saturated heterocycles. The molecule has 0 aromatic carbocycles. The first-order valence-electron chi connectivity index (χ1n) is 6.63. The van der Waals surface area contributed by atoms with Crippen LogP contribution < -0.4 is 0 Å². The van der Waals surface area contributed by atoms with Gasteiger partial charge in [-0.15, -0.1) is 0 Å². The first-order valence-corrected chi connectivity index (χ1v) is 6.63. The number of imidazole rings is 1. The molecule has 2 bridgehead atoms.